The lowest BCUT2D eigenvalue weighted by Gasteiger charge is -2.10. The smallest absolute Gasteiger partial charge is 0.148 e. The second-order valence-electron chi connectivity index (χ2n) is 4.36. The summed E-state index contributed by atoms with van der Waals surface area (Å²) in [5, 5.41) is 0.102. The zero-order valence-corrected chi connectivity index (χ0v) is 11.3. The molecule has 0 saturated heterocycles. The topological polar surface area (TPSA) is 35.2 Å². The summed E-state index contributed by atoms with van der Waals surface area (Å²) < 4.78 is 19.2. The van der Waals surface area contributed by atoms with E-state index in [1.54, 1.807) is 12.1 Å². The zero-order valence-electron chi connectivity index (χ0n) is 10.6. The third-order valence-corrected chi connectivity index (χ3v) is 3.10. The number of hydrogen-bond acceptors (Lipinski definition) is 2. The first kappa shape index (κ1) is 13.8. The van der Waals surface area contributed by atoms with Gasteiger partial charge in [-0.2, -0.15) is 0 Å². The van der Waals surface area contributed by atoms with Gasteiger partial charge in [0.25, 0.3) is 0 Å². The van der Waals surface area contributed by atoms with Crippen molar-refractivity contribution >= 4 is 11.6 Å². The van der Waals surface area contributed by atoms with Gasteiger partial charge in [-0.05, 0) is 30.7 Å². The maximum Gasteiger partial charge on any atom is 0.148 e. The van der Waals surface area contributed by atoms with Crippen LogP contribution < -0.4 is 10.5 Å². The minimum absolute atomic E-state index is 0.0635. The fourth-order valence-corrected chi connectivity index (χ4v) is 1.90. The molecule has 1 atom stereocenters. The summed E-state index contributed by atoms with van der Waals surface area (Å²) in [5.74, 6) is 0.224. The highest BCUT2D eigenvalue weighted by molar-refractivity contribution is 6.30. The maximum absolute atomic E-state index is 13.7. The van der Waals surface area contributed by atoms with Crippen LogP contribution in [-0.4, -0.2) is 0 Å². The van der Waals surface area contributed by atoms with E-state index < -0.39 is 5.82 Å². The molecule has 0 unspecified atom stereocenters. The molecule has 0 aromatic heterocycles. The average Bonchev–Trinajstić information content (AvgIpc) is 2.41. The first-order valence-corrected chi connectivity index (χ1v) is 6.37. The number of ether oxygens (including phenoxy) is 1. The molecule has 2 aromatic rings. The quantitative estimate of drug-likeness (QED) is 0.915. The van der Waals surface area contributed by atoms with Crippen LogP contribution in [0.25, 0.3) is 0 Å². The highest BCUT2D eigenvalue weighted by Gasteiger charge is 2.07. The summed E-state index contributed by atoms with van der Waals surface area (Å²) in [6, 6.07) is 12.3. The van der Waals surface area contributed by atoms with Crippen LogP contribution in [0, 0.1) is 5.82 Å². The first-order valence-electron chi connectivity index (χ1n) is 5.99. The summed E-state index contributed by atoms with van der Waals surface area (Å²) in [6.45, 7) is 2.03. The number of nitrogens with two attached hydrogens (primary N) is 1. The van der Waals surface area contributed by atoms with Crippen LogP contribution in [0.15, 0.2) is 42.5 Å². The van der Waals surface area contributed by atoms with E-state index in [-0.39, 0.29) is 17.7 Å². The molecule has 0 bridgehead atoms. The molecule has 0 amide bonds. The lowest BCUT2D eigenvalue weighted by molar-refractivity contribution is 0.299. The van der Waals surface area contributed by atoms with Crippen LogP contribution in [0.2, 0.25) is 5.02 Å². The third kappa shape index (κ3) is 3.46. The average molecular weight is 280 g/mol. The van der Waals surface area contributed by atoms with Gasteiger partial charge in [-0.25, -0.2) is 4.39 Å². The van der Waals surface area contributed by atoms with Crippen molar-refractivity contribution in [1.82, 2.24) is 0 Å². The fourth-order valence-electron chi connectivity index (χ4n) is 1.71. The van der Waals surface area contributed by atoms with Crippen molar-refractivity contribution in [3.05, 3.63) is 64.4 Å². The van der Waals surface area contributed by atoms with Gasteiger partial charge in [0, 0.05) is 11.6 Å². The van der Waals surface area contributed by atoms with Crippen molar-refractivity contribution < 1.29 is 9.13 Å². The van der Waals surface area contributed by atoms with Gasteiger partial charge >= 0.3 is 0 Å². The molecule has 100 valence electrons. The van der Waals surface area contributed by atoms with E-state index in [2.05, 4.69) is 0 Å². The van der Waals surface area contributed by atoms with Crippen molar-refractivity contribution in [3.63, 3.8) is 0 Å². The van der Waals surface area contributed by atoms with E-state index in [0.717, 1.165) is 5.56 Å². The van der Waals surface area contributed by atoms with Gasteiger partial charge in [0.1, 0.15) is 18.2 Å². The highest BCUT2D eigenvalue weighted by atomic mass is 35.5. The van der Waals surface area contributed by atoms with Crippen molar-refractivity contribution in [2.24, 2.45) is 5.73 Å². The Balaban J connectivity index is 2.10. The SMILES string of the molecule is C[C@@H](N)c1cccc(OCc2cccc(Cl)c2F)c1. The van der Waals surface area contributed by atoms with E-state index in [4.69, 9.17) is 22.1 Å². The van der Waals surface area contributed by atoms with Gasteiger partial charge in [-0.15, -0.1) is 0 Å². The largest absolute Gasteiger partial charge is 0.489 e. The second kappa shape index (κ2) is 6.04. The van der Waals surface area contributed by atoms with Gasteiger partial charge in [0.15, 0.2) is 0 Å². The van der Waals surface area contributed by atoms with Gasteiger partial charge < -0.3 is 10.5 Å². The van der Waals surface area contributed by atoms with E-state index in [9.17, 15) is 4.39 Å². The summed E-state index contributed by atoms with van der Waals surface area (Å²) >= 11 is 5.72. The Bertz CT molecular complexity index is 572. The molecule has 0 spiro atoms. The number of hydrogen-bond donors (Lipinski definition) is 1. The maximum atomic E-state index is 13.7. The van der Waals surface area contributed by atoms with Crippen LogP contribution in [0.3, 0.4) is 0 Å². The summed E-state index contributed by atoms with van der Waals surface area (Å²) in [4.78, 5) is 0. The summed E-state index contributed by atoms with van der Waals surface area (Å²) in [6.07, 6.45) is 0. The Labute approximate surface area is 117 Å². The molecule has 19 heavy (non-hydrogen) atoms. The number of halogens is 2. The molecule has 2 N–H and O–H groups in total. The highest BCUT2D eigenvalue weighted by Crippen LogP contribution is 2.21. The normalized spacial score (nSPS) is 12.2. The lowest BCUT2D eigenvalue weighted by atomic mass is 10.1. The van der Waals surface area contributed by atoms with E-state index >= 15 is 0 Å². The summed E-state index contributed by atoms with van der Waals surface area (Å²) in [7, 11) is 0. The monoisotopic (exact) mass is 279 g/mol. The lowest BCUT2D eigenvalue weighted by Crippen LogP contribution is -2.05. The van der Waals surface area contributed by atoms with Crippen LogP contribution in [0.1, 0.15) is 24.1 Å². The summed E-state index contributed by atoms with van der Waals surface area (Å²) in [5.41, 5.74) is 7.21. The first-order chi connectivity index (χ1) is 9.08. The van der Waals surface area contributed by atoms with Crippen LogP contribution in [-0.2, 0) is 6.61 Å². The molecule has 2 nitrogen and oxygen atoms in total. The van der Waals surface area contributed by atoms with Crippen LogP contribution >= 0.6 is 11.6 Å². The molecule has 0 aliphatic heterocycles. The number of benzene rings is 2. The Morgan fingerprint density at radius 3 is 2.74 bits per heavy atom. The van der Waals surface area contributed by atoms with E-state index in [1.165, 1.54) is 6.07 Å². The molecule has 4 heteroatoms. The molecule has 0 heterocycles. The van der Waals surface area contributed by atoms with Gasteiger partial charge in [0.05, 0.1) is 5.02 Å². The Hall–Kier alpha value is -1.58. The van der Waals surface area contributed by atoms with Crippen molar-refractivity contribution in [1.29, 1.82) is 0 Å². The van der Waals surface area contributed by atoms with E-state index in [1.807, 2.05) is 31.2 Å². The molecular weight excluding hydrogens is 265 g/mol. The molecule has 0 aliphatic rings. The van der Waals surface area contributed by atoms with Crippen LogP contribution in [0.5, 0.6) is 5.75 Å². The molecule has 0 fully saturated rings. The van der Waals surface area contributed by atoms with Gasteiger partial charge in [0.2, 0.25) is 0 Å². The molecule has 2 rings (SSSR count). The fraction of sp³-hybridized carbons (Fsp3) is 0.200. The Morgan fingerprint density at radius 1 is 1.26 bits per heavy atom. The number of rotatable bonds is 4. The zero-order chi connectivity index (χ0) is 13.8. The third-order valence-electron chi connectivity index (χ3n) is 2.81. The van der Waals surface area contributed by atoms with Gasteiger partial charge in [-0.1, -0.05) is 35.9 Å². The predicted molar refractivity (Wildman–Crippen MR) is 74.8 cm³/mol. The van der Waals surface area contributed by atoms with Gasteiger partial charge in [-0.3, -0.25) is 0 Å². The Morgan fingerprint density at radius 2 is 2.00 bits per heavy atom. The van der Waals surface area contributed by atoms with E-state index in [0.29, 0.717) is 11.3 Å². The molecule has 0 saturated carbocycles. The second-order valence-corrected chi connectivity index (χ2v) is 4.77. The minimum Gasteiger partial charge on any atom is -0.489 e. The molecule has 0 radical (unpaired) electrons. The standard InChI is InChI=1S/C15H15ClFNO/c1-10(18)11-4-2-6-13(8-11)19-9-12-5-3-7-14(16)15(12)17/h2-8,10H,9,18H2,1H3/t10-/m1/s1. The van der Waals surface area contributed by atoms with Crippen molar-refractivity contribution in [2.75, 3.05) is 0 Å². The molecule has 0 aliphatic carbocycles. The molecule has 2 aromatic carbocycles. The predicted octanol–water partition coefficient (Wildman–Crippen LogP) is 4.08. The minimum atomic E-state index is -0.437. The van der Waals surface area contributed by atoms with Crippen molar-refractivity contribution in [3.8, 4) is 5.75 Å². The Kier molecular flexibility index (Phi) is 4.40. The molecular formula is C15H15ClFNO. The van der Waals surface area contributed by atoms with Crippen LogP contribution in [0.4, 0.5) is 4.39 Å². The van der Waals surface area contributed by atoms with Crippen molar-refractivity contribution in [2.45, 2.75) is 19.6 Å².